The van der Waals surface area contributed by atoms with Gasteiger partial charge in [-0.1, -0.05) is 59.6 Å². The van der Waals surface area contributed by atoms with E-state index in [0.717, 1.165) is 46.6 Å². The van der Waals surface area contributed by atoms with Gasteiger partial charge in [0.2, 0.25) is 0 Å². The van der Waals surface area contributed by atoms with E-state index in [1.54, 1.807) is 22.7 Å². The van der Waals surface area contributed by atoms with E-state index in [1.807, 2.05) is 95.7 Å². The van der Waals surface area contributed by atoms with E-state index in [0.29, 0.717) is 45.4 Å². The molecule has 296 valence electrons. The van der Waals surface area contributed by atoms with Crippen molar-refractivity contribution in [3.63, 3.8) is 0 Å². The van der Waals surface area contributed by atoms with E-state index in [4.69, 9.17) is 32.7 Å². The Morgan fingerprint density at radius 2 is 0.927 bits per heavy atom. The molecule has 4 atom stereocenters. The lowest BCUT2D eigenvalue weighted by atomic mass is 10.00. The second-order valence-electron chi connectivity index (χ2n) is 14.3. The average Bonchev–Trinajstić information content (AvgIpc) is 3.92. The normalized spacial score (nSPS) is 24.7. The van der Waals surface area contributed by atoms with Crippen molar-refractivity contribution in [2.45, 2.75) is 87.7 Å². The van der Waals surface area contributed by atoms with Crippen molar-refractivity contribution < 1.29 is 24.5 Å². The third-order valence-corrected chi connectivity index (χ3v) is 13.2. The molecule has 6 heterocycles. The van der Waals surface area contributed by atoms with Gasteiger partial charge in [-0.3, -0.25) is 0 Å². The number of piperidine rings is 2. The van der Waals surface area contributed by atoms with Crippen molar-refractivity contribution in [3.8, 4) is 0 Å². The lowest BCUT2D eigenvalue weighted by Gasteiger charge is -2.35. The fourth-order valence-corrected chi connectivity index (χ4v) is 9.72. The molecule has 4 fully saturated rings. The molecule has 2 aromatic heterocycles. The minimum absolute atomic E-state index is 0. The summed E-state index contributed by atoms with van der Waals surface area (Å²) in [6, 6.07) is 24.9. The molecule has 0 spiro atoms. The van der Waals surface area contributed by atoms with E-state index in [2.05, 4.69) is 23.9 Å². The van der Waals surface area contributed by atoms with E-state index in [1.165, 1.54) is 25.7 Å². The highest BCUT2D eigenvalue weighted by Gasteiger charge is 2.41. The van der Waals surface area contributed by atoms with E-state index < -0.39 is 0 Å². The molecule has 4 unspecified atom stereocenters. The molecule has 2 N–H and O–H groups in total. The smallest absolute Gasteiger partial charge is 0.339 e. The molecule has 4 aliphatic rings. The molecule has 0 amide bonds. The molecular formula is C42H48Cl4N2O5S2. The fourth-order valence-electron chi connectivity index (χ4n) is 8.16. The van der Waals surface area contributed by atoms with Crippen LogP contribution < -0.4 is 0 Å². The van der Waals surface area contributed by atoms with Gasteiger partial charge in [-0.05, 0) is 110 Å². The molecule has 7 nitrogen and oxygen atoms in total. The van der Waals surface area contributed by atoms with E-state index in [9.17, 15) is 9.59 Å². The van der Waals surface area contributed by atoms with Crippen LogP contribution in [0.3, 0.4) is 0 Å². The molecule has 13 heteroatoms. The van der Waals surface area contributed by atoms with Gasteiger partial charge in [-0.15, -0.1) is 47.5 Å². The van der Waals surface area contributed by atoms with Crippen LogP contribution in [-0.4, -0.2) is 77.7 Å². The quantitative estimate of drug-likeness (QED) is 0.129. The molecule has 0 aliphatic carbocycles. The van der Waals surface area contributed by atoms with Crippen molar-refractivity contribution in [2.24, 2.45) is 0 Å². The van der Waals surface area contributed by atoms with Gasteiger partial charge in [0.15, 0.2) is 0 Å². The number of hydrogen-bond acceptors (Lipinski definition) is 8. The van der Waals surface area contributed by atoms with Crippen molar-refractivity contribution >= 4 is 106 Å². The Morgan fingerprint density at radius 3 is 1.22 bits per heavy atom. The Balaban J connectivity index is 0.000000232. The first-order valence-electron chi connectivity index (χ1n) is 18.1. The SMILES string of the molecule is CN1C2CCC1CC(OC(=O)/C(=C\c1cccs1)c1ccc(Cl)cc1)C2.CN1C2CCC1CC(OC(=O)/C(=C\c1cccs1)c1ccc(Cl)cc1)C2.Cl.Cl.O. The van der Waals surface area contributed by atoms with Crippen molar-refractivity contribution in [2.75, 3.05) is 14.1 Å². The number of benzene rings is 2. The van der Waals surface area contributed by atoms with Crippen LogP contribution in [0.2, 0.25) is 10.0 Å². The molecule has 0 radical (unpaired) electrons. The molecule has 4 aromatic rings. The summed E-state index contributed by atoms with van der Waals surface area (Å²) in [5.41, 5.74) is 2.86. The van der Waals surface area contributed by atoms with Crippen molar-refractivity contribution in [3.05, 3.63) is 114 Å². The van der Waals surface area contributed by atoms with Gasteiger partial charge in [0.05, 0.1) is 11.1 Å². The van der Waals surface area contributed by atoms with Crippen molar-refractivity contribution in [1.82, 2.24) is 9.80 Å². The molecule has 4 saturated heterocycles. The maximum absolute atomic E-state index is 13.0. The summed E-state index contributed by atoms with van der Waals surface area (Å²) in [5.74, 6) is -0.482. The highest BCUT2D eigenvalue weighted by atomic mass is 35.5. The van der Waals surface area contributed by atoms with Crippen LogP contribution in [0.4, 0.5) is 0 Å². The summed E-state index contributed by atoms with van der Waals surface area (Å²) in [7, 11) is 4.38. The number of fused-ring (bicyclic) bond motifs is 4. The van der Waals surface area contributed by atoms with Crippen molar-refractivity contribution in [1.29, 1.82) is 0 Å². The standard InChI is InChI=1S/2C21H22ClNO2S.2ClH.H2O/c2*1-23-16-8-9-17(23)12-18(11-16)25-21(24)20(13-19-3-2-10-26-19)14-4-6-15(22)7-5-14;;;/h2*2-7,10,13,16-18H,8-9,11-12H2,1H3;2*1H;1H2/b2*20-13-;;;. The second kappa shape index (κ2) is 20.6. The maximum Gasteiger partial charge on any atom is 0.339 e. The van der Waals surface area contributed by atoms with Crippen LogP contribution in [0.15, 0.2) is 83.6 Å². The van der Waals surface area contributed by atoms with Gasteiger partial charge in [0.1, 0.15) is 12.2 Å². The molecule has 0 saturated carbocycles. The Bertz CT molecular complexity index is 1720. The van der Waals surface area contributed by atoms with Gasteiger partial charge in [-0.2, -0.15) is 0 Å². The number of carbonyl (C=O) groups is 2. The number of rotatable bonds is 8. The number of thiophene rings is 2. The third kappa shape index (κ3) is 11.2. The number of esters is 2. The van der Waals surface area contributed by atoms with E-state index in [-0.39, 0.29) is 54.4 Å². The topological polar surface area (TPSA) is 90.6 Å². The number of hydrogen-bond donors (Lipinski definition) is 0. The summed E-state index contributed by atoms with van der Waals surface area (Å²) in [4.78, 5) is 33.0. The lowest BCUT2D eigenvalue weighted by Crippen LogP contribution is -2.43. The molecule has 55 heavy (non-hydrogen) atoms. The third-order valence-electron chi connectivity index (χ3n) is 11.1. The Labute approximate surface area is 354 Å². The largest absolute Gasteiger partial charge is 0.459 e. The predicted octanol–water partition coefficient (Wildman–Crippen LogP) is 10.2. The summed E-state index contributed by atoms with van der Waals surface area (Å²) >= 11 is 15.2. The van der Waals surface area contributed by atoms with Gasteiger partial charge in [0.25, 0.3) is 0 Å². The zero-order valence-electron chi connectivity index (χ0n) is 30.8. The Kier molecular flexibility index (Phi) is 16.9. The van der Waals surface area contributed by atoms with Crippen LogP contribution in [0.1, 0.15) is 72.2 Å². The average molecular weight is 867 g/mol. The molecular weight excluding hydrogens is 818 g/mol. The predicted molar refractivity (Wildman–Crippen MR) is 233 cm³/mol. The fraction of sp³-hybridized carbons (Fsp3) is 0.381. The number of carbonyl (C=O) groups excluding carboxylic acids is 2. The van der Waals surface area contributed by atoms with Crippen LogP contribution >= 0.6 is 70.7 Å². The summed E-state index contributed by atoms with van der Waals surface area (Å²) in [5, 5.41) is 5.32. The second-order valence-corrected chi connectivity index (χ2v) is 17.1. The van der Waals surface area contributed by atoms with Gasteiger partial charge >= 0.3 is 11.9 Å². The number of halogens is 4. The lowest BCUT2D eigenvalue weighted by molar-refractivity contribution is -0.145. The minimum atomic E-state index is -0.241. The Hall–Kier alpha value is -2.70. The summed E-state index contributed by atoms with van der Waals surface area (Å²) < 4.78 is 11.9. The number of nitrogens with zero attached hydrogens (tertiary/aromatic N) is 2. The maximum atomic E-state index is 13.0. The zero-order valence-corrected chi connectivity index (χ0v) is 35.6. The minimum Gasteiger partial charge on any atom is -0.459 e. The van der Waals surface area contributed by atoms with Crippen LogP contribution in [0.25, 0.3) is 23.3 Å². The first-order valence-corrected chi connectivity index (χ1v) is 20.6. The zero-order chi connectivity index (χ0) is 36.2. The highest BCUT2D eigenvalue weighted by Crippen LogP contribution is 2.38. The van der Waals surface area contributed by atoms with Gasteiger partial charge in [-0.25, -0.2) is 9.59 Å². The number of ether oxygens (including phenoxy) is 2. The van der Waals surface area contributed by atoms with Crippen LogP contribution in [0.5, 0.6) is 0 Å². The summed E-state index contributed by atoms with van der Waals surface area (Å²) in [6.45, 7) is 0. The first kappa shape index (κ1) is 45.0. The van der Waals surface area contributed by atoms with E-state index >= 15 is 0 Å². The molecule has 4 bridgehead atoms. The monoisotopic (exact) mass is 864 g/mol. The molecule has 2 aromatic carbocycles. The van der Waals surface area contributed by atoms with Gasteiger partial charge in [0, 0.05) is 69.7 Å². The first-order chi connectivity index (χ1) is 25.2. The molecule has 4 aliphatic heterocycles. The Morgan fingerprint density at radius 1 is 0.600 bits per heavy atom. The van der Waals surface area contributed by atoms with Gasteiger partial charge < -0.3 is 24.7 Å². The summed E-state index contributed by atoms with van der Waals surface area (Å²) in [6.07, 6.45) is 12.4. The van der Waals surface area contributed by atoms with Crippen LogP contribution in [0, 0.1) is 0 Å². The van der Waals surface area contributed by atoms with Crippen LogP contribution in [-0.2, 0) is 19.1 Å². The molecule has 8 rings (SSSR count). The highest BCUT2D eigenvalue weighted by molar-refractivity contribution is 7.11.